The molecule has 3 fully saturated rings. The molecule has 0 radical (unpaired) electrons. The van der Waals surface area contributed by atoms with Crippen LogP contribution in [0, 0.1) is 0 Å². The predicted molar refractivity (Wildman–Crippen MR) is 107 cm³/mol. The van der Waals surface area contributed by atoms with Crippen LogP contribution in [0.3, 0.4) is 0 Å². The lowest BCUT2D eigenvalue weighted by molar-refractivity contribution is -0.147. The molecule has 12 heteroatoms. The van der Waals surface area contributed by atoms with Crippen LogP contribution in [0.1, 0.15) is 51.4 Å². The molecule has 0 spiro atoms. The van der Waals surface area contributed by atoms with Crippen molar-refractivity contribution in [2.45, 2.75) is 75.5 Å². The van der Waals surface area contributed by atoms with E-state index in [1.807, 2.05) is 0 Å². The minimum absolute atomic E-state index is 0.132. The third-order valence-electron chi connectivity index (χ3n) is 6.20. The van der Waals surface area contributed by atoms with Crippen molar-refractivity contribution >= 4 is 35.6 Å². The van der Waals surface area contributed by atoms with Crippen LogP contribution in [-0.4, -0.2) is 92.8 Å². The number of hydrogen-bond acceptors (Lipinski definition) is 6. The van der Waals surface area contributed by atoms with Crippen LogP contribution in [-0.2, 0) is 28.8 Å². The maximum Gasteiger partial charge on any atom is 0.303 e. The Morgan fingerprint density at radius 2 is 1.12 bits per heavy atom. The Hall–Kier alpha value is -3.18. The molecule has 3 rings (SSSR count). The summed E-state index contributed by atoms with van der Waals surface area (Å²) in [6, 6.07) is -3.99. The van der Waals surface area contributed by atoms with E-state index in [1.165, 1.54) is 9.80 Å². The summed E-state index contributed by atoms with van der Waals surface area (Å²) >= 11 is 0. The summed E-state index contributed by atoms with van der Waals surface area (Å²) in [7, 11) is 0. The van der Waals surface area contributed by atoms with Crippen molar-refractivity contribution in [1.82, 2.24) is 20.4 Å². The lowest BCUT2D eigenvalue weighted by atomic mass is 10.0. The number of aliphatic carboxylic acids is 2. The third-order valence-corrected chi connectivity index (χ3v) is 6.20. The number of carboxylic acid groups (broad SMARTS) is 2. The van der Waals surface area contributed by atoms with Gasteiger partial charge in [0.25, 0.3) is 0 Å². The molecule has 4 N–H and O–H groups in total. The second-order valence-corrected chi connectivity index (χ2v) is 8.37. The maximum absolute atomic E-state index is 13.2. The van der Waals surface area contributed by atoms with Crippen molar-refractivity contribution in [3.63, 3.8) is 0 Å². The summed E-state index contributed by atoms with van der Waals surface area (Å²) < 4.78 is 0. The van der Waals surface area contributed by atoms with Gasteiger partial charge in [-0.2, -0.15) is 0 Å². The maximum atomic E-state index is 13.2. The van der Waals surface area contributed by atoms with Gasteiger partial charge in [-0.25, -0.2) is 0 Å². The van der Waals surface area contributed by atoms with Gasteiger partial charge in [-0.15, -0.1) is 0 Å². The monoisotopic (exact) mass is 452 g/mol. The zero-order valence-electron chi connectivity index (χ0n) is 17.6. The molecule has 176 valence electrons. The highest BCUT2D eigenvalue weighted by molar-refractivity contribution is 5.98. The zero-order valence-corrected chi connectivity index (χ0v) is 17.6. The Balaban J connectivity index is 1.93. The lowest BCUT2D eigenvalue weighted by Crippen LogP contribution is -2.61. The van der Waals surface area contributed by atoms with Crippen molar-refractivity contribution in [2.24, 2.45) is 0 Å². The van der Waals surface area contributed by atoms with Gasteiger partial charge < -0.3 is 30.6 Å². The summed E-state index contributed by atoms with van der Waals surface area (Å²) in [4.78, 5) is 77.1. The number of carboxylic acids is 2. The number of hydrogen-bond donors (Lipinski definition) is 4. The van der Waals surface area contributed by atoms with Gasteiger partial charge in [-0.3, -0.25) is 28.8 Å². The van der Waals surface area contributed by atoms with Crippen LogP contribution in [0.2, 0.25) is 0 Å². The molecule has 12 nitrogen and oxygen atoms in total. The van der Waals surface area contributed by atoms with Crippen LogP contribution >= 0.6 is 0 Å². The number of carbonyl (C=O) groups is 6. The van der Waals surface area contributed by atoms with E-state index in [9.17, 15) is 28.8 Å². The van der Waals surface area contributed by atoms with E-state index in [4.69, 9.17) is 10.2 Å². The van der Waals surface area contributed by atoms with Gasteiger partial charge in [0.1, 0.15) is 24.2 Å². The Labute approximate surface area is 184 Å². The summed E-state index contributed by atoms with van der Waals surface area (Å²) in [5.41, 5.74) is 0. The van der Waals surface area contributed by atoms with Gasteiger partial charge in [0.2, 0.25) is 23.6 Å². The highest BCUT2D eigenvalue weighted by atomic mass is 16.4. The zero-order chi connectivity index (χ0) is 23.4. The minimum atomic E-state index is -1.12. The predicted octanol–water partition coefficient (Wildman–Crippen LogP) is -1.32. The van der Waals surface area contributed by atoms with Gasteiger partial charge in [0, 0.05) is 25.9 Å². The first-order valence-corrected chi connectivity index (χ1v) is 10.8. The molecule has 0 aromatic heterocycles. The van der Waals surface area contributed by atoms with Gasteiger partial charge in [0.05, 0.1) is 0 Å². The smallest absolute Gasteiger partial charge is 0.303 e. The van der Waals surface area contributed by atoms with Gasteiger partial charge in [-0.1, -0.05) is 0 Å². The third kappa shape index (κ3) is 5.17. The molecule has 3 saturated heterocycles. The Bertz CT molecular complexity index is 749. The molecule has 0 bridgehead atoms. The topological polar surface area (TPSA) is 173 Å². The first-order chi connectivity index (χ1) is 15.2. The van der Waals surface area contributed by atoms with E-state index in [-0.39, 0.29) is 38.8 Å². The summed E-state index contributed by atoms with van der Waals surface area (Å²) in [6.45, 7) is 0.527. The molecule has 0 aromatic carbocycles. The number of carbonyl (C=O) groups excluding carboxylic acids is 4. The fourth-order valence-electron chi connectivity index (χ4n) is 4.59. The van der Waals surface area contributed by atoms with E-state index in [0.29, 0.717) is 25.7 Å². The molecule has 0 aromatic rings. The highest BCUT2D eigenvalue weighted by Crippen LogP contribution is 2.24. The summed E-state index contributed by atoms with van der Waals surface area (Å²) in [5.74, 6) is -4.41. The number of nitrogens with one attached hydrogen (secondary N) is 2. The van der Waals surface area contributed by atoms with Crippen LogP contribution < -0.4 is 10.6 Å². The molecule has 3 aliphatic rings. The van der Waals surface area contributed by atoms with E-state index in [1.54, 1.807) is 0 Å². The Morgan fingerprint density at radius 3 is 1.47 bits per heavy atom. The molecular formula is C20H28N4O8. The van der Waals surface area contributed by atoms with Crippen molar-refractivity contribution in [3.8, 4) is 0 Å². The average Bonchev–Trinajstić information content (AvgIpc) is 3.41. The largest absolute Gasteiger partial charge is 0.481 e. The van der Waals surface area contributed by atoms with Crippen molar-refractivity contribution in [2.75, 3.05) is 13.1 Å². The van der Waals surface area contributed by atoms with E-state index in [0.717, 1.165) is 0 Å². The highest BCUT2D eigenvalue weighted by Gasteiger charge is 2.43. The first-order valence-electron chi connectivity index (χ1n) is 10.8. The quantitative estimate of drug-likeness (QED) is 0.384. The second kappa shape index (κ2) is 9.96. The molecule has 32 heavy (non-hydrogen) atoms. The molecule has 0 saturated carbocycles. The fourth-order valence-corrected chi connectivity index (χ4v) is 4.59. The number of amides is 4. The molecule has 4 atom stereocenters. The van der Waals surface area contributed by atoms with Gasteiger partial charge >= 0.3 is 11.9 Å². The Kier molecular flexibility index (Phi) is 7.31. The van der Waals surface area contributed by atoms with E-state index < -0.39 is 59.7 Å². The first kappa shape index (κ1) is 23.5. The number of rotatable bonds is 6. The van der Waals surface area contributed by atoms with Crippen molar-refractivity contribution in [1.29, 1.82) is 0 Å². The second-order valence-electron chi connectivity index (χ2n) is 8.37. The average molecular weight is 452 g/mol. The van der Waals surface area contributed by atoms with Gasteiger partial charge in [0.15, 0.2) is 0 Å². The molecule has 4 amide bonds. The standard InChI is InChI=1S/C20H28N4O8/c25-15(26)7-5-11-19(31)23-9-1-3-13(23)17(29)21-12(6-8-16(27)28)20(32)24-10-2-4-14(24)18(30)22-11/h11-14H,1-10H2,(H,21,29)(H,22,30)(H,25,26)(H,27,28). The number of nitrogens with zero attached hydrogens (tertiary/aromatic N) is 2. The summed E-state index contributed by atoms with van der Waals surface area (Å²) in [5, 5.41) is 23.3. The van der Waals surface area contributed by atoms with Crippen LogP contribution in [0.15, 0.2) is 0 Å². The number of fused-ring (bicyclic) bond motifs is 2. The van der Waals surface area contributed by atoms with Crippen molar-refractivity contribution in [3.05, 3.63) is 0 Å². The molecule has 3 aliphatic heterocycles. The molecule has 3 heterocycles. The SMILES string of the molecule is O=C(O)CCC1NC(=O)C2CCCN2C(=O)C(CCC(=O)O)NC(=O)C2CCCN2C1=O. The van der Waals surface area contributed by atoms with Crippen LogP contribution in [0.25, 0.3) is 0 Å². The molecule has 0 aliphatic carbocycles. The van der Waals surface area contributed by atoms with Crippen LogP contribution in [0.4, 0.5) is 0 Å². The van der Waals surface area contributed by atoms with E-state index in [2.05, 4.69) is 10.6 Å². The molecule has 4 unspecified atom stereocenters. The lowest BCUT2D eigenvalue weighted by Gasteiger charge is -2.34. The fraction of sp³-hybridized carbons (Fsp3) is 0.700. The molecular weight excluding hydrogens is 424 g/mol. The minimum Gasteiger partial charge on any atom is -0.481 e. The van der Waals surface area contributed by atoms with Crippen LogP contribution in [0.5, 0.6) is 0 Å². The van der Waals surface area contributed by atoms with Crippen molar-refractivity contribution < 1.29 is 39.0 Å². The Morgan fingerprint density at radius 1 is 0.750 bits per heavy atom. The van der Waals surface area contributed by atoms with Gasteiger partial charge in [-0.05, 0) is 38.5 Å². The van der Waals surface area contributed by atoms with E-state index >= 15 is 0 Å². The normalized spacial score (nSPS) is 28.9. The summed E-state index contributed by atoms with van der Waals surface area (Å²) in [6.07, 6.45) is 0.821.